The lowest BCUT2D eigenvalue weighted by Crippen LogP contribution is -2.43. The highest BCUT2D eigenvalue weighted by atomic mass is 19.1. The minimum absolute atomic E-state index is 0.117. The maximum atomic E-state index is 14.1. The fourth-order valence-electron chi connectivity index (χ4n) is 2.98. The van der Waals surface area contributed by atoms with Gasteiger partial charge in [-0.05, 0) is 49.8 Å². The van der Waals surface area contributed by atoms with Crippen molar-refractivity contribution in [3.05, 3.63) is 34.9 Å². The number of halogens is 2. The van der Waals surface area contributed by atoms with Gasteiger partial charge < -0.3 is 10.0 Å². The Morgan fingerprint density at radius 3 is 2.43 bits per heavy atom. The van der Waals surface area contributed by atoms with Gasteiger partial charge in [0.2, 0.25) is 0 Å². The van der Waals surface area contributed by atoms with Gasteiger partial charge in [-0.2, -0.15) is 0 Å². The summed E-state index contributed by atoms with van der Waals surface area (Å²) in [6, 6.07) is 3.16. The SMILES string of the molecule is CC(C)c1cc(F)c(CCN2CCC(O)CC2C)c(F)c1. The van der Waals surface area contributed by atoms with Gasteiger partial charge >= 0.3 is 0 Å². The second kappa shape index (κ2) is 6.84. The summed E-state index contributed by atoms with van der Waals surface area (Å²) in [7, 11) is 0. The molecule has 0 amide bonds. The maximum absolute atomic E-state index is 14.1. The normalized spacial score (nSPS) is 23.8. The summed E-state index contributed by atoms with van der Waals surface area (Å²) in [5.74, 6) is -0.765. The first kappa shape index (κ1) is 16.4. The number of rotatable bonds is 4. The summed E-state index contributed by atoms with van der Waals surface area (Å²) in [6.07, 6.45) is 1.60. The van der Waals surface area contributed by atoms with Gasteiger partial charge in [0.15, 0.2) is 0 Å². The van der Waals surface area contributed by atoms with Gasteiger partial charge in [-0.3, -0.25) is 0 Å². The first-order chi connectivity index (χ1) is 9.88. The molecule has 1 aliphatic heterocycles. The minimum Gasteiger partial charge on any atom is -0.393 e. The van der Waals surface area contributed by atoms with Crippen LogP contribution in [0.3, 0.4) is 0 Å². The van der Waals surface area contributed by atoms with Crippen LogP contribution in [0.2, 0.25) is 0 Å². The van der Waals surface area contributed by atoms with Gasteiger partial charge in [0.25, 0.3) is 0 Å². The van der Waals surface area contributed by atoms with Crippen molar-refractivity contribution in [2.75, 3.05) is 13.1 Å². The zero-order chi connectivity index (χ0) is 15.6. The van der Waals surface area contributed by atoms with E-state index in [0.717, 1.165) is 19.4 Å². The first-order valence-corrected chi connectivity index (χ1v) is 7.78. The smallest absolute Gasteiger partial charge is 0.129 e. The molecule has 118 valence electrons. The topological polar surface area (TPSA) is 23.5 Å². The van der Waals surface area contributed by atoms with E-state index in [2.05, 4.69) is 11.8 Å². The van der Waals surface area contributed by atoms with Gasteiger partial charge in [0.1, 0.15) is 11.6 Å². The van der Waals surface area contributed by atoms with E-state index in [1.807, 2.05) is 13.8 Å². The molecule has 0 aromatic heterocycles. The van der Waals surface area contributed by atoms with E-state index < -0.39 is 11.6 Å². The van der Waals surface area contributed by atoms with Crippen LogP contribution in [0.1, 0.15) is 50.7 Å². The molecule has 21 heavy (non-hydrogen) atoms. The molecule has 2 atom stereocenters. The first-order valence-electron chi connectivity index (χ1n) is 7.78. The predicted octanol–water partition coefficient (Wildman–Crippen LogP) is 3.48. The Morgan fingerprint density at radius 1 is 1.29 bits per heavy atom. The fourth-order valence-corrected chi connectivity index (χ4v) is 2.98. The third-order valence-electron chi connectivity index (χ3n) is 4.47. The summed E-state index contributed by atoms with van der Waals surface area (Å²) in [4.78, 5) is 2.20. The Labute approximate surface area is 125 Å². The van der Waals surface area contributed by atoms with Gasteiger partial charge in [-0.15, -0.1) is 0 Å². The lowest BCUT2D eigenvalue weighted by atomic mass is 9.98. The molecular formula is C17H25F2NO. The van der Waals surface area contributed by atoms with Crippen LogP contribution in [0.15, 0.2) is 12.1 Å². The van der Waals surface area contributed by atoms with Crippen molar-refractivity contribution < 1.29 is 13.9 Å². The summed E-state index contributed by atoms with van der Waals surface area (Å²) >= 11 is 0. The van der Waals surface area contributed by atoms with Crippen LogP contribution < -0.4 is 0 Å². The largest absolute Gasteiger partial charge is 0.393 e. The molecule has 1 N–H and O–H groups in total. The molecule has 0 radical (unpaired) electrons. The van der Waals surface area contributed by atoms with E-state index in [0.29, 0.717) is 18.5 Å². The monoisotopic (exact) mass is 297 g/mol. The number of piperidine rings is 1. The third-order valence-corrected chi connectivity index (χ3v) is 4.47. The van der Waals surface area contributed by atoms with Crippen LogP contribution in [0.4, 0.5) is 8.78 Å². The zero-order valence-electron chi connectivity index (χ0n) is 13.1. The maximum Gasteiger partial charge on any atom is 0.129 e. The summed E-state index contributed by atoms with van der Waals surface area (Å²) in [6.45, 7) is 7.32. The van der Waals surface area contributed by atoms with Gasteiger partial charge in [-0.25, -0.2) is 8.78 Å². The van der Waals surface area contributed by atoms with Crippen LogP contribution in [-0.2, 0) is 6.42 Å². The highest BCUT2D eigenvalue weighted by Crippen LogP contribution is 2.23. The van der Waals surface area contributed by atoms with E-state index in [1.54, 1.807) is 0 Å². The Hall–Kier alpha value is -1.00. The van der Waals surface area contributed by atoms with Crippen LogP contribution in [0.25, 0.3) is 0 Å². The Bertz CT molecular complexity index is 467. The molecule has 2 rings (SSSR count). The molecule has 1 heterocycles. The average Bonchev–Trinajstić information content (AvgIpc) is 2.39. The Kier molecular flexibility index (Phi) is 5.33. The van der Waals surface area contributed by atoms with Crippen molar-refractivity contribution in [3.63, 3.8) is 0 Å². The van der Waals surface area contributed by atoms with Crippen molar-refractivity contribution in [2.45, 2.75) is 58.1 Å². The second-order valence-corrected chi connectivity index (χ2v) is 6.43. The molecular weight excluding hydrogens is 272 g/mol. The number of aliphatic hydroxyl groups excluding tert-OH is 1. The van der Waals surface area contributed by atoms with Crippen LogP contribution in [-0.4, -0.2) is 35.2 Å². The standard InChI is InChI=1S/C17H25F2NO/c1-11(2)13-9-16(18)15(17(19)10-13)5-7-20-6-4-14(21)8-12(20)3/h9-12,14,21H,4-8H2,1-3H3. The minimum atomic E-state index is -0.441. The second-order valence-electron chi connectivity index (χ2n) is 6.43. The summed E-state index contributed by atoms with van der Waals surface area (Å²) < 4.78 is 28.2. The number of likely N-dealkylation sites (tertiary alicyclic amines) is 1. The van der Waals surface area contributed by atoms with E-state index in [9.17, 15) is 13.9 Å². The number of hydrogen-bond acceptors (Lipinski definition) is 2. The molecule has 1 saturated heterocycles. The van der Waals surface area contributed by atoms with Crippen LogP contribution in [0, 0.1) is 11.6 Å². The van der Waals surface area contributed by atoms with E-state index >= 15 is 0 Å². The lowest BCUT2D eigenvalue weighted by molar-refractivity contribution is 0.0488. The molecule has 0 spiro atoms. The molecule has 1 aromatic rings. The van der Waals surface area contributed by atoms with Crippen molar-refractivity contribution in [1.82, 2.24) is 4.90 Å². The van der Waals surface area contributed by atoms with Gasteiger partial charge in [0, 0.05) is 24.7 Å². The van der Waals surface area contributed by atoms with Crippen molar-refractivity contribution >= 4 is 0 Å². The van der Waals surface area contributed by atoms with Crippen molar-refractivity contribution in [1.29, 1.82) is 0 Å². The molecule has 2 nitrogen and oxygen atoms in total. The number of nitrogens with zero attached hydrogens (tertiary/aromatic N) is 1. The Balaban J connectivity index is 2.03. The molecule has 4 heteroatoms. The van der Waals surface area contributed by atoms with Crippen molar-refractivity contribution in [3.8, 4) is 0 Å². The molecule has 1 aromatic carbocycles. The molecule has 0 bridgehead atoms. The molecule has 2 unspecified atom stereocenters. The quantitative estimate of drug-likeness (QED) is 0.920. The van der Waals surface area contributed by atoms with Crippen LogP contribution >= 0.6 is 0 Å². The highest BCUT2D eigenvalue weighted by molar-refractivity contribution is 5.28. The highest BCUT2D eigenvalue weighted by Gasteiger charge is 2.24. The van der Waals surface area contributed by atoms with E-state index in [-0.39, 0.29) is 23.6 Å². The molecule has 0 saturated carbocycles. The van der Waals surface area contributed by atoms with Crippen LogP contribution in [0.5, 0.6) is 0 Å². The molecule has 1 aliphatic rings. The molecule has 0 aliphatic carbocycles. The lowest BCUT2D eigenvalue weighted by Gasteiger charge is -2.35. The Morgan fingerprint density at radius 2 is 1.90 bits per heavy atom. The number of benzene rings is 1. The summed E-state index contributed by atoms with van der Waals surface area (Å²) in [5, 5.41) is 9.61. The van der Waals surface area contributed by atoms with E-state index in [1.165, 1.54) is 12.1 Å². The molecule has 1 fully saturated rings. The van der Waals surface area contributed by atoms with Gasteiger partial charge in [0.05, 0.1) is 6.10 Å². The van der Waals surface area contributed by atoms with E-state index in [4.69, 9.17) is 0 Å². The average molecular weight is 297 g/mol. The number of aliphatic hydroxyl groups is 1. The zero-order valence-corrected chi connectivity index (χ0v) is 13.1. The fraction of sp³-hybridized carbons (Fsp3) is 0.647. The summed E-state index contributed by atoms with van der Waals surface area (Å²) in [5.41, 5.74) is 0.876. The predicted molar refractivity (Wildman–Crippen MR) is 80.4 cm³/mol. The third kappa shape index (κ3) is 4.01. The number of hydrogen-bond donors (Lipinski definition) is 1. The van der Waals surface area contributed by atoms with Crippen molar-refractivity contribution in [2.24, 2.45) is 0 Å². The van der Waals surface area contributed by atoms with Gasteiger partial charge in [-0.1, -0.05) is 13.8 Å².